The predicted molar refractivity (Wildman–Crippen MR) is 91.6 cm³/mol. The normalized spacial score (nSPS) is 28.4. The molecule has 3 heterocycles. The molecule has 4 rings (SSSR count). The van der Waals surface area contributed by atoms with Gasteiger partial charge in [0.05, 0.1) is 17.5 Å². The number of benzene rings is 1. The van der Waals surface area contributed by atoms with Crippen LogP contribution in [0, 0.1) is 0 Å². The van der Waals surface area contributed by atoms with E-state index in [9.17, 15) is 13.2 Å². The summed E-state index contributed by atoms with van der Waals surface area (Å²) in [5.41, 5.74) is 0.763. The van der Waals surface area contributed by atoms with Gasteiger partial charge < -0.3 is 14.4 Å². The van der Waals surface area contributed by atoms with Gasteiger partial charge in [0.2, 0.25) is 12.7 Å². The number of ether oxygens (including phenoxy) is 2. The van der Waals surface area contributed by atoms with Gasteiger partial charge in [-0.2, -0.15) is 4.99 Å². The molecule has 2 fully saturated rings. The summed E-state index contributed by atoms with van der Waals surface area (Å²) < 4.78 is 34.7. The summed E-state index contributed by atoms with van der Waals surface area (Å²) in [6.45, 7) is 1.92. The Morgan fingerprint density at radius 3 is 2.92 bits per heavy atom. The number of carbonyl (C=O) groups is 1. The van der Waals surface area contributed by atoms with Crippen molar-refractivity contribution in [3.05, 3.63) is 18.2 Å². The molecule has 0 saturated carbocycles. The van der Waals surface area contributed by atoms with Crippen LogP contribution in [-0.4, -0.2) is 49.1 Å². The fourth-order valence-electron chi connectivity index (χ4n) is 3.09. The van der Waals surface area contributed by atoms with E-state index in [0.717, 1.165) is 5.69 Å². The number of nitrogens with zero attached hydrogens (tertiary/aromatic N) is 2. The van der Waals surface area contributed by atoms with Gasteiger partial charge in [-0.15, -0.1) is 0 Å². The smallest absolute Gasteiger partial charge is 0.247 e. The molecular formula is C15H16N2O5S2. The molecule has 0 aliphatic carbocycles. The Morgan fingerprint density at radius 1 is 1.33 bits per heavy atom. The second-order valence-corrected chi connectivity index (χ2v) is 9.21. The predicted octanol–water partition coefficient (Wildman–Crippen LogP) is 1.43. The summed E-state index contributed by atoms with van der Waals surface area (Å²) in [5.74, 6) is 1.24. The first-order valence-electron chi connectivity index (χ1n) is 7.64. The number of sulfone groups is 1. The van der Waals surface area contributed by atoms with E-state index >= 15 is 0 Å². The van der Waals surface area contributed by atoms with Crippen molar-refractivity contribution in [1.29, 1.82) is 0 Å². The van der Waals surface area contributed by atoms with Crippen LogP contribution < -0.4 is 14.4 Å². The Hall–Kier alpha value is -1.74. The number of carbonyl (C=O) groups excluding carboxylic acids is 1. The fourth-order valence-corrected chi connectivity index (χ4v) is 7.02. The van der Waals surface area contributed by atoms with Crippen LogP contribution in [0.2, 0.25) is 0 Å². The first-order chi connectivity index (χ1) is 11.5. The molecule has 0 aromatic heterocycles. The Kier molecular flexibility index (Phi) is 3.72. The second-order valence-electron chi connectivity index (χ2n) is 5.85. The molecule has 128 valence electrons. The first kappa shape index (κ1) is 15.8. The molecule has 24 heavy (non-hydrogen) atoms. The molecule has 0 bridgehead atoms. The molecule has 2 atom stereocenters. The van der Waals surface area contributed by atoms with E-state index in [4.69, 9.17) is 9.47 Å². The first-order valence-corrected chi connectivity index (χ1v) is 10.3. The van der Waals surface area contributed by atoms with E-state index in [1.165, 1.54) is 11.8 Å². The van der Waals surface area contributed by atoms with Crippen molar-refractivity contribution in [2.24, 2.45) is 4.99 Å². The van der Waals surface area contributed by atoms with Crippen molar-refractivity contribution in [1.82, 2.24) is 0 Å². The zero-order valence-corrected chi connectivity index (χ0v) is 14.6. The van der Waals surface area contributed by atoms with Gasteiger partial charge in [0.25, 0.3) is 0 Å². The number of hydrogen-bond donors (Lipinski definition) is 0. The molecule has 7 nitrogen and oxygen atoms in total. The molecule has 0 spiro atoms. The van der Waals surface area contributed by atoms with Crippen LogP contribution in [0.15, 0.2) is 23.2 Å². The van der Waals surface area contributed by atoms with Gasteiger partial charge in [-0.1, -0.05) is 18.7 Å². The maximum Gasteiger partial charge on any atom is 0.247 e. The summed E-state index contributed by atoms with van der Waals surface area (Å²) in [5, 5.41) is 0.453. The van der Waals surface area contributed by atoms with Gasteiger partial charge in [0.1, 0.15) is 0 Å². The lowest BCUT2D eigenvalue weighted by Crippen LogP contribution is -2.37. The molecule has 1 amide bonds. The third-order valence-corrected chi connectivity index (χ3v) is 7.43. The molecule has 9 heteroatoms. The quantitative estimate of drug-likeness (QED) is 0.780. The molecule has 1 aromatic carbocycles. The van der Waals surface area contributed by atoms with E-state index in [1.54, 1.807) is 13.0 Å². The topological polar surface area (TPSA) is 85.3 Å². The lowest BCUT2D eigenvalue weighted by molar-refractivity contribution is -0.117. The van der Waals surface area contributed by atoms with E-state index in [0.29, 0.717) is 23.1 Å². The Balaban J connectivity index is 1.75. The van der Waals surface area contributed by atoms with Gasteiger partial charge >= 0.3 is 0 Å². The number of hydrogen-bond acceptors (Lipinski definition) is 6. The molecule has 3 aliphatic heterocycles. The summed E-state index contributed by atoms with van der Waals surface area (Å²) in [7, 11) is -3.07. The molecule has 3 aliphatic rings. The zero-order valence-electron chi connectivity index (χ0n) is 13.0. The number of thioether (sulfide) groups is 1. The molecule has 0 radical (unpaired) electrons. The summed E-state index contributed by atoms with van der Waals surface area (Å²) in [4.78, 5) is 17.8. The Morgan fingerprint density at radius 2 is 2.12 bits per heavy atom. The van der Waals surface area contributed by atoms with Crippen molar-refractivity contribution in [2.75, 3.05) is 23.2 Å². The fraction of sp³-hybridized carbons (Fsp3) is 0.467. The van der Waals surface area contributed by atoms with E-state index in [1.807, 2.05) is 17.0 Å². The largest absolute Gasteiger partial charge is 0.454 e. The van der Waals surface area contributed by atoms with Gasteiger partial charge in [-0.05, 0) is 12.1 Å². The molecule has 1 aromatic rings. The number of aliphatic imine (C=N–C) groups is 1. The average molecular weight is 368 g/mol. The van der Waals surface area contributed by atoms with Crippen LogP contribution in [0.4, 0.5) is 5.69 Å². The molecule has 2 saturated heterocycles. The summed E-state index contributed by atoms with van der Waals surface area (Å²) >= 11 is 1.37. The maximum absolute atomic E-state index is 12.0. The summed E-state index contributed by atoms with van der Waals surface area (Å²) in [6.07, 6.45) is 0.312. The van der Waals surface area contributed by atoms with E-state index in [2.05, 4.69) is 4.99 Å². The van der Waals surface area contributed by atoms with Crippen molar-refractivity contribution < 1.29 is 22.7 Å². The van der Waals surface area contributed by atoms with E-state index < -0.39 is 9.84 Å². The van der Waals surface area contributed by atoms with Crippen molar-refractivity contribution in [3.8, 4) is 11.5 Å². The highest BCUT2D eigenvalue weighted by atomic mass is 32.2. The third kappa shape index (κ3) is 2.65. The van der Waals surface area contributed by atoms with Crippen LogP contribution in [0.1, 0.15) is 13.3 Å². The minimum absolute atomic E-state index is 0.0679. The zero-order chi connectivity index (χ0) is 16.9. The minimum Gasteiger partial charge on any atom is -0.454 e. The third-order valence-electron chi connectivity index (χ3n) is 4.22. The van der Waals surface area contributed by atoms with Crippen LogP contribution in [0.3, 0.4) is 0 Å². The highest BCUT2D eigenvalue weighted by Crippen LogP contribution is 2.43. The van der Waals surface area contributed by atoms with Crippen molar-refractivity contribution in [3.63, 3.8) is 0 Å². The number of amides is 1. The molecular weight excluding hydrogens is 352 g/mol. The highest BCUT2D eigenvalue weighted by molar-refractivity contribution is 8.16. The van der Waals surface area contributed by atoms with Crippen molar-refractivity contribution in [2.45, 2.75) is 24.6 Å². The number of rotatable bonds is 2. The van der Waals surface area contributed by atoms with Crippen LogP contribution in [-0.2, 0) is 14.6 Å². The SMILES string of the molecule is CCC(=O)N=C1S[C@H]2CS(=O)(=O)C[C@@H]2N1c1ccc2c(c1)OCO2. The number of amidine groups is 1. The van der Waals surface area contributed by atoms with Crippen molar-refractivity contribution >= 4 is 38.4 Å². The second kappa shape index (κ2) is 5.66. The highest BCUT2D eigenvalue weighted by Gasteiger charge is 2.49. The van der Waals surface area contributed by atoms with Gasteiger partial charge in [0, 0.05) is 23.4 Å². The summed E-state index contributed by atoms with van der Waals surface area (Å²) in [6, 6.07) is 5.22. The Bertz CT molecular complexity index is 836. The molecule has 0 unspecified atom stereocenters. The lowest BCUT2D eigenvalue weighted by atomic mass is 10.2. The van der Waals surface area contributed by atoms with Gasteiger partial charge in [-0.25, -0.2) is 8.42 Å². The Labute approximate surface area is 143 Å². The van der Waals surface area contributed by atoms with Gasteiger partial charge in [-0.3, -0.25) is 4.79 Å². The number of anilines is 1. The number of fused-ring (bicyclic) bond motifs is 2. The minimum atomic E-state index is -3.07. The lowest BCUT2D eigenvalue weighted by Gasteiger charge is -2.24. The maximum atomic E-state index is 12.0. The monoisotopic (exact) mass is 368 g/mol. The standard InChI is InChI=1S/C15H16N2O5S2/c1-2-14(18)16-15-17(10-6-24(19,20)7-13(10)23-15)9-3-4-11-12(5-9)22-8-21-11/h3-5,10,13H,2,6-8H2,1H3/t10-,13-/m0/s1. The van der Waals surface area contributed by atoms with E-state index in [-0.39, 0.29) is 35.5 Å². The van der Waals surface area contributed by atoms with Crippen LogP contribution in [0.25, 0.3) is 0 Å². The molecule has 0 N–H and O–H groups in total. The van der Waals surface area contributed by atoms with Crippen LogP contribution >= 0.6 is 11.8 Å². The average Bonchev–Trinajstić information content (AvgIpc) is 3.18. The van der Waals surface area contributed by atoms with Gasteiger partial charge in [0.15, 0.2) is 26.5 Å². The van der Waals surface area contributed by atoms with Crippen LogP contribution in [0.5, 0.6) is 11.5 Å².